The Labute approximate surface area is 170 Å². The summed E-state index contributed by atoms with van der Waals surface area (Å²) in [5.41, 5.74) is 2.80. The molecule has 0 bridgehead atoms. The average Bonchev–Trinajstić information content (AvgIpc) is 3.16. The largest absolute Gasteiger partial charge is 0.497 e. The highest BCUT2D eigenvalue weighted by atomic mass is 16.5. The third-order valence-electron chi connectivity index (χ3n) is 5.56. The zero-order valence-corrected chi connectivity index (χ0v) is 16.6. The number of hydrogen-bond acceptors (Lipinski definition) is 5. The van der Waals surface area contributed by atoms with Gasteiger partial charge in [0, 0.05) is 25.1 Å². The van der Waals surface area contributed by atoms with Crippen molar-refractivity contribution in [2.45, 2.75) is 31.3 Å². The molecule has 2 aromatic rings. The van der Waals surface area contributed by atoms with Crippen molar-refractivity contribution in [3.8, 4) is 11.5 Å². The highest BCUT2D eigenvalue weighted by Crippen LogP contribution is 2.36. The van der Waals surface area contributed by atoms with Gasteiger partial charge in [-0.25, -0.2) is 0 Å². The van der Waals surface area contributed by atoms with Crippen molar-refractivity contribution >= 4 is 23.2 Å². The van der Waals surface area contributed by atoms with E-state index in [-0.39, 0.29) is 23.9 Å². The van der Waals surface area contributed by atoms with Crippen LogP contribution in [0.4, 0.5) is 11.4 Å². The molecule has 1 fully saturated rings. The first-order valence-electron chi connectivity index (χ1n) is 9.76. The second kappa shape index (κ2) is 8.03. The van der Waals surface area contributed by atoms with Gasteiger partial charge < -0.3 is 25.0 Å². The van der Waals surface area contributed by atoms with E-state index in [9.17, 15) is 9.59 Å². The Hall–Kier alpha value is -3.22. The molecule has 0 aliphatic carbocycles. The van der Waals surface area contributed by atoms with Crippen molar-refractivity contribution in [2.75, 3.05) is 31.0 Å². The van der Waals surface area contributed by atoms with Crippen molar-refractivity contribution in [3.63, 3.8) is 0 Å². The number of rotatable bonds is 6. The minimum absolute atomic E-state index is 0.0107. The molecule has 4 rings (SSSR count). The quantitative estimate of drug-likeness (QED) is 0.785. The predicted molar refractivity (Wildman–Crippen MR) is 111 cm³/mol. The van der Waals surface area contributed by atoms with E-state index in [0.29, 0.717) is 31.6 Å². The molecule has 2 unspecified atom stereocenters. The van der Waals surface area contributed by atoms with Gasteiger partial charge in [-0.2, -0.15) is 0 Å². The van der Waals surface area contributed by atoms with Crippen LogP contribution in [0.5, 0.6) is 11.5 Å². The van der Waals surface area contributed by atoms with Crippen molar-refractivity contribution in [1.82, 2.24) is 5.32 Å². The van der Waals surface area contributed by atoms with E-state index in [1.54, 1.807) is 14.2 Å². The molecule has 152 valence electrons. The number of fused-ring (bicyclic) bond motifs is 3. The summed E-state index contributed by atoms with van der Waals surface area (Å²) >= 11 is 0. The fourth-order valence-electron chi connectivity index (χ4n) is 4.11. The molecule has 0 saturated carbocycles. The van der Waals surface area contributed by atoms with E-state index in [4.69, 9.17) is 9.47 Å². The van der Waals surface area contributed by atoms with Crippen LogP contribution in [0.2, 0.25) is 0 Å². The lowest BCUT2D eigenvalue weighted by molar-refractivity contribution is -0.122. The van der Waals surface area contributed by atoms with Crippen LogP contribution in [0, 0.1) is 0 Å². The molecule has 7 heteroatoms. The SMILES string of the molecule is COc1ccc(CCC(=O)NC2CC3C(=O)Nc4ccccc4N3C2)c(OC)c1. The Morgan fingerprint density at radius 3 is 2.83 bits per heavy atom. The topological polar surface area (TPSA) is 79.9 Å². The number of nitrogens with zero attached hydrogens (tertiary/aromatic N) is 1. The van der Waals surface area contributed by atoms with Crippen LogP contribution >= 0.6 is 0 Å². The molecule has 29 heavy (non-hydrogen) atoms. The second-order valence-electron chi connectivity index (χ2n) is 7.35. The number of aryl methyl sites for hydroxylation is 1. The second-order valence-corrected chi connectivity index (χ2v) is 7.35. The van der Waals surface area contributed by atoms with E-state index in [2.05, 4.69) is 15.5 Å². The number of para-hydroxylation sites is 2. The lowest BCUT2D eigenvalue weighted by Gasteiger charge is -2.32. The zero-order valence-electron chi connectivity index (χ0n) is 16.6. The molecule has 2 aliphatic rings. The third kappa shape index (κ3) is 3.85. The normalized spacial score (nSPS) is 19.8. The fraction of sp³-hybridized carbons (Fsp3) is 0.364. The molecule has 2 amide bonds. The summed E-state index contributed by atoms with van der Waals surface area (Å²) in [5.74, 6) is 1.39. The van der Waals surface area contributed by atoms with Crippen LogP contribution in [0.25, 0.3) is 0 Å². The van der Waals surface area contributed by atoms with Gasteiger partial charge in [0.15, 0.2) is 0 Å². The maximum Gasteiger partial charge on any atom is 0.247 e. The minimum atomic E-state index is -0.239. The number of hydrogen-bond donors (Lipinski definition) is 2. The van der Waals surface area contributed by atoms with Crippen LogP contribution in [-0.4, -0.2) is 44.7 Å². The van der Waals surface area contributed by atoms with Crippen LogP contribution in [0.3, 0.4) is 0 Å². The molecule has 2 aromatic carbocycles. The Morgan fingerprint density at radius 2 is 2.03 bits per heavy atom. The van der Waals surface area contributed by atoms with Crippen LogP contribution in [-0.2, 0) is 16.0 Å². The molecule has 2 heterocycles. The Bertz CT molecular complexity index is 930. The van der Waals surface area contributed by atoms with E-state index in [1.165, 1.54) is 0 Å². The van der Waals surface area contributed by atoms with Crippen LogP contribution in [0.15, 0.2) is 42.5 Å². The molecular formula is C22H25N3O4. The molecule has 0 aromatic heterocycles. The minimum Gasteiger partial charge on any atom is -0.497 e. The number of anilines is 2. The van der Waals surface area contributed by atoms with Crippen LogP contribution < -0.4 is 25.0 Å². The number of ether oxygens (including phenoxy) is 2. The summed E-state index contributed by atoms with van der Waals surface area (Å²) < 4.78 is 10.6. The molecular weight excluding hydrogens is 370 g/mol. The first kappa shape index (κ1) is 19.1. The number of amides is 2. The first-order chi connectivity index (χ1) is 14.1. The highest BCUT2D eigenvalue weighted by molar-refractivity contribution is 6.04. The van der Waals surface area contributed by atoms with Crippen LogP contribution in [0.1, 0.15) is 18.4 Å². The Kier molecular flexibility index (Phi) is 5.29. The van der Waals surface area contributed by atoms with Crippen molar-refractivity contribution in [3.05, 3.63) is 48.0 Å². The van der Waals surface area contributed by atoms with Gasteiger partial charge in [0.05, 0.1) is 25.6 Å². The Morgan fingerprint density at radius 1 is 1.21 bits per heavy atom. The Balaban J connectivity index is 1.36. The molecule has 2 N–H and O–H groups in total. The van der Waals surface area contributed by atoms with Gasteiger partial charge >= 0.3 is 0 Å². The van der Waals surface area contributed by atoms with Gasteiger partial charge in [-0.1, -0.05) is 18.2 Å². The third-order valence-corrected chi connectivity index (χ3v) is 5.56. The molecule has 7 nitrogen and oxygen atoms in total. The summed E-state index contributed by atoms with van der Waals surface area (Å²) in [6.45, 7) is 0.632. The number of benzene rings is 2. The lowest BCUT2D eigenvalue weighted by atomic mass is 10.1. The monoisotopic (exact) mass is 395 g/mol. The summed E-state index contributed by atoms with van der Waals surface area (Å²) in [6.07, 6.45) is 1.53. The van der Waals surface area contributed by atoms with E-state index in [0.717, 1.165) is 22.7 Å². The number of methoxy groups -OCH3 is 2. The van der Waals surface area contributed by atoms with Crippen molar-refractivity contribution in [2.24, 2.45) is 0 Å². The number of nitrogens with one attached hydrogen (secondary N) is 2. The average molecular weight is 395 g/mol. The lowest BCUT2D eigenvalue weighted by Crippen LogP contribution is -2.44. The first-order valence-corrected chi connectivity index (χ1v) is 9.76. The number of carbonyl (C=O) groups is 2. The van der Waals surface area contributed by atoms with Gasteiger partial charge in [-0.05, 0) is 36.6 Å². The predicted octanol–water partition coefficient (Wildman–Crippen LogP) is 2.35. The zero-order chi connectivity index (χ0) is 20.4. The summed E-state index contributed by atoms with van der Waals surface area (Å²) in [6, 6.07) is 13.1. The smallest absolute Gasteiger partial charge is 0.247 e. The van der Waals surface area contributed by atoms with Gasteiger partial charge in [0.25, 0.3) is 0 Å². The van der Waals surface area contributed by atoms with E-state index >= 15 is 0 Å². The van der Waals surface area contributed by atoms with E-state index in [1.807, 2.05) is 42.5 Å². The van der Waals surface area contributed by atoms with Gasteiger partial charge in [-0.15, -0.1) is 0 Å². The maximum atomic E-state index is 12.5. The molecule has 2 aliphatic heterocycles. The maximum absolute atomic E-state index is 12.5. The van der Waals surface area contributed by atoms with Gasteiger partial charge in [0.1, 0.15) is 17.5 Å². The molecule has 2 atom stereocenters. The van der Waals surface area contributed by atoms with E-state index < -0.39 is 0 Å². The summed E-state index contributed by atoms with van der Waals surface area (Å²) in [4.78, 5) is 27.0. The van der Waals surface area contributed by atoms with Crippen molar-refractivity contribution in [1.29, 1.82) is 0 Å². The number of carbonyl (C=O) groups excluding carboxylic acids is 2. The fourth-order valence-corrected chi connectivity index (χ4v) is 4.11. The van der Waals surface area contributed by atoms with Gasteiger partial charge in [-0.3, -0.25) is 9.59 Å². The molecule has 0 radical (unpaired) electrons. The standard InChI is InChI=1S/C22H25N3O4/c1-28-16-9-7-14(20(12-16)29-2)8-10-21(26)23-15-11-19-22(27)24-17-5-3-4-6-18(17)25(19)13-15/h3-7,9,12,15,19H,8,10-11,13H2,1-2H3,(H,23,26)(H,24,27). The van der Waals surface area contributed by atoms with Gasteiger partial charge in [0.2, 0.25) is 11.8 Å². The summed E-state index contributed by atoms with van der Waals surface area (Å²) in [5, 5.41) is 6.05. The molecule has 0 spiro atoms. The summed E-state index contributed by atoms with van der Waals surface area (Å²) in [7, 11) is 3.21. The van der Waals surface area contributed by atoms with Crippen molar-refractivity contribution < 1.29 is 19.1 Å². The molecule has 1 saturated heterocycles. The highest BCUT2D eigenvalue weighted by Gasteiger charge is 2.41.